The SMILES string of the molecule is CCn1cc(Oc2ccc(F)c(F)c2)c(=O)c(C(=O)O)c1-c1ccc(Cl)c(Cl)c1. The average Bonchev–Trinajstić information content (AvgIpc) is 2.67. The van der Waals surface area contributed by atoms with Gasteiger partial charge in [0.15, 0.2) is 17.4 Å². The number of pyridine rings is 1. The molecule has 1 heterocycles. The molecule has 0 aliphatic rings. The van der Waals surface area contributed by atoms with E-state index in [-0.39, 0.29) is 33.8 Å². The van der Waals surface area contributed by atoms with E-state index in [1.165, 1.54) is 29.0 Å². The van der Waals surface area contributed by atoms with E-state index in [0.717, 1.165) is 18.2 Å². The fraction of sp³-hybridized carbons (Fsp3) is 0.100. The van der Waals surface area contributed by atoms with Gasteiger partial charge in [-0.25, -0.2) is 13.6 Å². The topological polar surface area (TPSA) is 68.5 Å². The zero-order valence-electron chi connectivity index (χ0n) is 14.9. The number of aromatic nitrogens is 1. The number of benzene rings is 2. The number of hydrogen-bond acceptors (Lipinski definition) is 3. The molecular weight excluding hydrogens is 427 g/mol. The molecule has 1 aromatic heterocycles. The molecule has 29 heavy (non-hydrogen) atoms. The highest BCUT2D eigenvalue weighted by Gasteiger charge is 2.24. The van der Waals surface area contributed by atoms with E-state index in [2.05, 4.69) is 0 Å². The van der Waals surface area contributed by atoms with Gasteiger partial charge >= 0.3 is 5.97 Å². The van der Waals surface area contributed by atoms with Gasteiger partial charge in [0, 0.05) is 18.2 Å². The van der Waals surface area contributed by atoms with Gasteiger partial charge in [-0.1, -0.05) is 29.3 Å². The Kier molecular flexibility index (Phi) is 5.91. The van der Waals surface area contributed by atoms with Crippen LogP contribution in [0.3, 0.4) is 0 Å². The molecule has 9 heteroatoms. The minimum absolute atomic E-state index is 0.112. The van der Waals surface area contributed by atoms with Crippen molar-refractivity contribution >= 4 is 29.2 Å². The Bertz CT molecular complexity index is 1180. The third-order valence-electron chi connectivity index (χ3n) is 4.11. The normalized spacial score (nSPS) is 10.8. The third-order valence-corrected chi connectivity index (χ3v) is 4.85. The van der Waals surface area contributed by atoms with Crippen LogP contribution in [0.4, 0.5) is 8.78 Å². The second-order valence-electron chi connectivity index (χ2n) is 5.94. The van der Waals surface area contributed by atoms with Crippen molar-refractivity contribution in [2.75, 3.05) is 0 Å². The Labute approximate surface area is 173 Å². The quantitative estimate of drug-likeness (QED) is 0.560. The predicted octanol–water partition coefficient (Wildman–Crippen LogP) is 5.61. The smallest absolute Gasteiger partial charge is 0.342 e. The number of carboxylic acid groups (broad SMARTS) is 1. The van der Waals surface area contributed by atoms with E-state index in [0.29, 0.717) is 5.56 Å². The lowest BCUT2D eigenvalue weighted by molar-refractivity contribution is 0.0695. The number of hydrogen-bond donors (Lipinski definition) is 1. The van der Waals surface area contributed by atoms with Crippen molar-refractivity contribution in [1.82, 2.24) is 4.57 Å². The van der Waals surface area contributed by atoms with Crippen LogP contribution in [0.2, 0.25) is 10.0 Å². The molecule has 2 aromatic carbocycles. The molecule has 0 radical (unpaired) electrons. The van der Waals surface area contributed by atoms with Crippen molar-refractivity contribution < 1.29 is 23.4 Å². The van der Waals surface area contributed by atoms with Crippen LogP contribution in [0.5, 0.6) is 11.5 Å². The van der Waals surface area contributed by atoms with E-state index < -0.39 is 28.6 Å². The maximum Gasteiger partial charge on any atom is 0.342 e. The van der Waals surface area contributed by atoms with Crippen LogP contribution >= 0.6 is 23.2 Å². The van der Waals surface area contributed by atoms with Gasteiger partial charge in [0.2, 0.25) is 5.43 Å². The van der Waals surface area contributed by atoms with Crippen molar-refractivity contribution in [2.45, 2.75) is 13.5 Å². The lowest BCUT2D eigenvalue weighted by Crippen LogP contribution is -2.22. The summed E-state index contributed by atoms with van der Waals surface area (Å²) >= 11 is 12.0. The molecule has 0 fully saturated rings. The summed E-state index contributed by atoms with van der Waals surface area (Å²) in [6.45, 7) is 2.02. The summed E-state index contributed by atoms with van der Waals surface area (Å²) in [6, 6.07) is 7.21. The molecule has 3 rings (SSSR count). The number of carboxylic acids is 1. The van der Waals surface area contributed by atoms with E-state index in [1.807, 2.05) is 0 Å². The molecule has 1 N–H and O–H groups in total. The predicted molar refractivity (Wildman–Crippen MR) is 105 cm³/mol. The summed E-state index contributed by atoms with van der Waals surface area (Å²) in [7, 11) is 0. The summed E-state index contributed by atoms with van der Waals surface area (Å²) in [5, 5.41) is 10.2. The fourth-order valence-electron chi connectivity index (χ4n) is 2.78. The number of rotatable bonds is 5. The molecule has 0 amide bonds. The molecule has 3 aromatic rings. The lowest BCUT2D eigenvalue weighted by Gasteiger charge is -2.17. The first kappa shape index (κ1) is 20.8. The minimum atomic E-state index is -1.48. The van der Waals surface area contributed by atoms with Crippen LogP contribution in [0.15, 0.2) is 47.4 Å². The fourth-order valence-corrected chi connectivity index (χ4v) is 3.08. The van der Waals surface area contributed by atoms with Crippen LogP contribution in [0, 0.1) is 11.6 Å². The maximum atomic E-state index is 13.4. The van der Waals surface area contributed by atoms with Gasteiger partial charge in [-0.15, -0.1) is 0 Å². The Hall–Kier alpha value is -2.90. The molecular formula is C20H13Cl2F2NO4. The number of halogens is 4. The molecule has 0 bridgehead atoms. The van der Waals surface area contributed by atoms with Crippen LogP contribution < -0.4 is 10.2 Å². The highest BCUT2D eigenvalue weighted by Crippen LogP contribution is 2.31. The van der Waals surface area contributed by atoms with Gasteiger partial charge in [0.25, 0.3) is 0 Å². The van der Waals surface area contributed by atoms with Gasteiger partial charge in [-0.2, -0.15) is 0 Å². The molecule has 0 spiro atoms. The summed E-state index contributed by atoms with van der Waals surface area (Å²) in [4.78, 5) is 24.7. The molecule has 0 unspecified atom stereocenters. The van der Waals surface area contributed by atoms with Crippen molar-refractivity contribution in [1.29, 1.82) is 0 Å². The van der Waals surface area contributed by atoms with Crippen LogP contribution in [0.1, 0.15) is 17.3 Å². The first-order valence-corrected chi connectivity index (χ1v) is 9.07. The Morgan fingerprint density at radius 2 is 1.83 bits per heavy atom. The lowest BCUT2D eigenvalue weighted by atomic mass is 10.0. The van der Waals surface area contributed by atoms with Gasteiger partial charge < -0.3 is 14.4 Å². The van der Waals surface area contributed by atoms with Gasteiger partial charge in [-0.3, -0.25) is 4.79 Å². The van der Waals surface area contributed by atoms with Crippen LogP contribution in [-0.4, -0.2) is 15.6 Å². The monoisotopic (exact) mass is 439 g/mol. The maximum absolute atomic E-state index is 13.4. The molecule has 0 aliphatic heterocycles. The number of aromatic carboxylic acids is 1. The van der Waals surface area contributed by atoms with Gasteiger partial charge in [0.1, 0.15) is 11.3 Å². The van der Waals surface area contributed by atoms with E-state index in [9.17, 15) is 23.5 Å². The summed E-state index contributed by atoms with van der Waals surface area (Å²) in [5.41, 5.74) is -0.991. The van der Waals surface area contributed by atoms with Gasteiger partial charge in [-0.05, 0) is 31.2 Å². The highest BCUT2D eigenvalue weighted by molar-refractivity contribution is 6.42. The number of carbonyl (C=O) groups is 1. The second-order valence-corrected chi connectivity index (χ2v) is 6.76. The summed E-state index contributed by atoms with van der Waals surface area (Å²) in [5.74, 6) is -4.22. The second kappa shape index (κ2) is 8.23. The van der Waals surface area contributed by atoms with E-state index >= 15 is 0 Å². The number of aryl methyl sites for hydroxylation is 1. The molecule has 0 atom stereocenters. The summed E-state index contributed by atoms with van der Waals surface area (Å²) in [6.07, 6.45) is 1.30. The van der Waals surface area contributed by atoms with Crippen LogP contribution in [-0.2, 0) is 6.54 Å². The van der Waals surface area contributed by atoms with Crippen molar-refractivity contribution in [3.8, 4) is 22.8 Å². The van der Waals surface area contributed by atoms with Crippen LogP contribution in [0.25, 0.3) is 11.3 Å². The van der Waals surface area contributed by atoms with Crippen molar-refractivity contribution in [3.05, 3.63) is 80.1 Å². The minimum Gasteiger partial charge on any atom is -0.477 e. The molecule has 5 nitrogen and oxygen atoms in total. The summed E-state index contributed by atoms with van der Waals surface area (Å²) < 4.78 is 33.4. The average molecular weight is 440 g/mol. The van der Waals surface area contributed by atoms with E-state index in [4.69, 9.17) is 27.9 Å². The first-order chi connectivity index (χ1) is 13.7. The number of nitrogens with zero attached hydrogens (tertiary/aromatic N) is 1. The van der Waals surface area contributed by atoms with Gasteiger partial charge in [0.05, 0.1) is 21.9 Å². The molecule has 0 saturated heterocycles. The Morgan fingerprint density at radius 3 is 2.41 bits per heavy atom. The van der Waals surface area contributed by atoms with Crippen molar-refractivity contribution in [2.24, 2.45) is 0 Å². The first-order valence-electron chi connectivity index (χ1n) is 8.32. The zero-order valence-corrected chi connectivity index (χ0v) is 16.4. The standard InChI is InChI=1S/C20H13Cl2F2NO4/c1-2-25-9-16(29-11-4-6-14(23)15(24)8-11)19(26)17(20(27)28)18(25)10-3-5-12(21)13(22)7-10/h3-9H,2H2,1H3,(H,27,28). The largest absolute Gasteiger partial charge is 0.477 e. The van der Waals surface area contributed by atoms with Crippen molar-refractivity contribution in [3.63, 3.8) is 0 Å². The Morgan fingerprint density at radius 1 is 1.10 bits per heavy atom. The zero-order chi connectivity index (χ0) is 21.3. The molecule has 0 aliphatic carbocycles. The molecule has 150 valence electrons. The highest BCUT2D eigenvalue weighted by atomic mass is 35.5. The third kappa shape index (κ3) is 4.11. The van der Waals surface area contributed by atoms with E-state index in [1.54, 1.807) is 6.92 Å². The molecule has 0 saturated carbocycles. The Balaban J connectivity index is 2.22. The number of ether oxygens (including phenoxy) is 1.